The molecular formula is C13H12N2O4S. The van der Waals surface area contributed by atoms with Gasteiger partial charge in [0.25, 0.3) is 0 Å². The molecule has 1 heterocycles. The van der Waals surface area contributed by atoms with Gasteiger partial charge >= 0.3 is 11.9 Å². The van der Waals surface area contributed by atoms with Crippen LogP contribution in [0.2, 0.25) is 0 Å². The van der Waals surface area contributed by atoms with Crippen molar-refractivity contribution >= 4 is 34.1 Å². The average Bonchev–Trinajstić information content (AvgIpc) is 2.79. The molecule has 0 bridgehead atoms. The van der Waals surface area contributed by atoms with Crippen LogP contribution in [0, 0.1) is 6.92 Å². The molecule has 0 amide bonds. The quantitative estimate of drug-likeness (QED) is 0.842. The molecule has 104 valence electrons. The lowest BCUT2D eigenvalue weighted by molar-refractivity contribution is 0.0601. The second kappa shape index (κ2) is 5.70. The smallest absolute Gasteiger partial charge is 0.347 e. The van der Waals surface area contributed by atoms with E-state index in [9.17, 15) is 9.59 Å². The lowest BCUT2D eigenvalue weighted by Crippen LogP contribution is -2.05. The van der Waals surface area contributed by atoms with Crippen LogP contribution in [0.25, 0.3) is 0 Å². The number of benzene rings is 1. The number of thiazole rings is 1. The first-order valence-corrected chi connectivity index (χ1v) is 6.49. The number of esters is 1. The van der Waals surface area contributed by atoms with Crippen LogP contribution in [0.5, 0.6) is 0 Å². The average molecular weight is 292 g/mol. The summed E-state index contributed by atoms with van der Waals surface area (Å²) in [5.41, 5.74) is 1.31. The van der Waals surface area contributed by atoms with Gasteiger partial charge in [-0.3, -0.25) is 0 Å². The third-order valence-electron chi connectivity index (χ3n) is 2.56. The first-order chi connectivity index (χ1) is 9.52. The predicted molar refractivity (Wildman–Crippen MR) is 74.9 cm³/mol. The van der Waals surface area contributed by atoms with Gasteiger partial charge in [-0.25, -0.2) is 14.6 Å². The first-order valence-electron chi connectivity index (χ1n) is 5.68. The molecule has 7 heteroatoms. The number of para-hydroxylation sites is 1. The van der Waals surface area contributed by atoms with Gasteiger partial charge < -0.3 is 15.2 Å². The molecule has 0 aliphatic carbocycles. The highest BCUT2D eigenvalue weighted by atomic mass is 32.1. The SMILES string of the molecule is COC(=O)c1ccccc1Nc1nc(C)c(C(=O)O)s1. The molecule has 0 spiro atoms. The second-order valence-corrected chi connectivity index (χ2v) is 4.90. The van der Waals surface area contributed by atoms with Crippen molar-refractivity contribution < 1.29 is 19.4 Å². The zero-order valence-electron chi connectivity index (χ0n) is 10.8. The molecule has 1 aromatic carbocycles. The molecule has 1 aromatic heterocycles. The molecule has 6 nitrogen and oxygen atoms in total. The number of hydrogen-bond acceptors (Lipinski definition) is 6. The summed E-state index contributed by atoms with van der Waals surface area (Å²) in [7, 11) is 1.30. The summed E-state index contributed by atoms with van der Waals surface area (Å²) in [6, 6.07) is 6.79. The lowest BCUT2D eigenvalue weighted by Gasteiger charge is -2.07. The Labute approximate surface area is 119 Å². The summed E-state index contributed by atoms with van der Waals surface area (Å²) in [5, 5.41) is 12.4. The molecule has 2 rings (SSSR count). The molecule has 20 heavy (non-hydrogen) atoms. The van der Waals surface area contributed by atoms with Gasteiger partial charge in [-0.1, -0.05) is 23.5 Å². The molecule has 0 unspecified atom stereocenters. The first kappa shape index (κ1) is 14.0. The minimum atomic E-state index is -1.02. The Morgan fingerprint density at radius 2 is 2.05 bits per heavy atom. The highest BCUT2D eigenvalue weighted by Gasteiger charge is 2.16. The summed E-state index contributed by atoms with van der Waals surface area (Å²) in [4.78, 5) is 26.9. The third-order valence-corrected chi connectivity index (χ3v) is 3.63. The summed E-state index contributed by atoms with van der Waals surface area (Å²) >= 11 is 1.02. The molecule has 2 N–H and O–H groups in total. The van der Waals surface area contributed by atoms with Gasteiger partial charge in [0.05, 0.1) is 24.1 Å². The maximum Gasteiger partial charge on any atom is 0.347 e. The number of rotatable bonds is 4. The topological polar surface area (TPSA) is 88.5 Å². The second-order valence-electron chi connectivity index (χ2n) is 3.90. The Balaban J connectivity index is 2.33. The molecule has 0 radical (unpaired) electrons. The van der Waals surface area contributed by atoms with Crippen LogP contribution in [0.3, 0.4) is 0 Å². The highest BCUT2D eigenvalue weighted by molar-refractivity contribution is 7.17. The fourth-order valence-corrected chi connectivity index (χ4v) is 2.46. The number of anilines is 2. The fraction of sp³-hybridized carbons (Fsp3) is 0.154. The number of carboxylic acids is 1. The third kappa shape index (κ3) is 2.77. The Hall–Kier alpha value is -2.41. The number of aromatic carboxylic acids is 1. The monoisotopic (exact) mass is 292 g/mol. The normalized spacial score (nSPS) is 10.1. The zero-order chi connectivity index (χ0) is 14.7. The number of carbonyl (C=O) groups excluding carboxylic acids is 1. The van der Waals surface area contributed by atoms with Gasteiger partial charge in [0.1, 0.15) is 4.88 Å². The number of carbonyl (C=O) groups is 2. The van der Waals surface area contributed by atoms with Crippen LogP contribution < -0.4 is 5.32 Å². The van der Waals surface area contributed by atoms with Crippen LogP contribution in [0.1, 0.15) is 25.7 Å². The molecule has 0 atom stereocenters. The van der Waals surface area contributed by atoms with Gasteiger partial charge in [0.2, 0.25) is 0 Å². The highest BCUT2D eigenvalue weighted by Crippen LogP contribution is 2.27. The van der Waals surface area contributed by atoms with Crippen LogP contribution in [0.4, 0.5) is 10.8 Å². The van der Waals surface area contributed by atoms with Crippen LogP contribution in [-0.4, -0.2) is 29.1 Å². The number of aryl methyl sites for hydroxylation is 1. The van der Waals surface area contributed by atoms with Gasteiger partial charge in [-0.05, 0) is 19.1 Å². The number of methoxy groups -OCH3 is 1. The van der Waals surface area contributed by atoms with Crippen LogP contribution in [0.15, 0.2) is 24.3 Å². The van der Waals surface area contributed by atoms with Gasteiger partial charge in [0, 0.05) is 0 Å². The van der Waals surface area contributed by atoms with Crippen molar-refractivity contribution in [1.82, 2.24) is 4.98 Å². The molecule has 2 aromatic rings. The maximum atomic E-state index is 11.6. The standard InChI is InChI=1S/C13H12N2O4S/c1-7-10(11(16)17)20-13(14-7)15-9-6-4-3-5-8(9)12(18)19-2/h3-6H,1-2H3,(H,14,15)(H,16,17). The number of carboxylic acid groups (broad SMARTS) is 1. The van der Waals surface area contributed by atoms with Crippen molar-refractivity contribution in [2.45, 2.75) is 6.92 Å². The summed E-state index contributed by atoms with van der Waals surface area (Å²) in [6.07, 6.45) is 0. The van der Waals surface area contributed by atoms with Gasteiger partial charge in [-0.15, -0.1) is 0 Å². The summed E-state index contributed by atoms with van der Waals surface area (Å²) in [6.45, 7) is 1.62. The van der Waals surface area contributed by atoms with E-state index in [4.69, 9.17) is 9.84 Å². The van der Waals surface area contributed by atoms with Crippen molar-refractivity contribution in [2.75, 3.05) is 12.4 Å². The number of nitrogens with one attached hydrogen (secondary N) is 1. The van der Waals surface area contributed by atoms with E-state index in [0.29, 0.717) is 22.1 Å². The molecular weight excluding hydrogens is 280 g/mol. The van der Waals surface area contributed by atoms with Crippen LogP contribution in [-0.2, 0) is 4.74 Å². The van der Waals surface area contributed by atoms with E-state index in [0.717, 1.165) is 11.3 Å². The summed E-state index contributed by atoms with van der Waals surface area (Å²) < 4.78 is 4.69. The minimum Gasteiger partial charge on any atom is -0.477 e. The van der Waals surface area contributed by atoms with E-state index in [1.54, 1.807) is 31.2 Å². The van der Waals surface area contributed by atoms with Crippen LogP contribution >= 0.6 is 11.3 Å². The fourth-order valence-electron chi connectivity index (χ4n) is 1.64. The zero-order valence-corrected chi connectivity index (χ0v) is 11.7. The van der Waals surface area contributed by atoms with Crippen molar-refractivity contribution in [3.63, 3.8) is 0 Å². The van der Waals surface area contributed by atoms with Gasteiger partial charge in [-0.2, -0.15) is 0 Å². The number of ether oxygens (including phenoxy) is 1. The molecule has 0 aliphatic rings. The van der Waals surface area contributed by atoms with Crippen molar-refractivity contribution in [1.29, 1.82) is 0 Å². The largest absolute Gasteiger partial charge is 0.477 e. The number of hydrogen-bond donors (Lipinski definition) is 2. The molecule has 0 saturated heterocycles. The van der Waals surface area contributed by atoms with E-state index >= 15 is 0 Å². The van der Waals surface area contributed by atoms with Crippen molar-refractivity contribution in [3.8, 4) is 0 Å². The van der Waals surface area contributed by atoms with Crippen molar-refractivity contribution in [2.24, 2.45) is 0 Å². The number of nitrogens with zero attached hydrogens (tertiary/aromatic N) is 1. The molecule has 0 aliphatic heterocycles. The molecule has 0 fully saturated rings. The minimum absolute atomic E-state index is 0.169. The Kier molecular flexibility index (Phi) is 3.99. The molecule has 0 saturated carbocycles. The van der Waals surface area contributed by atoms with E-state index in [-0.39, 0.29) is 4.88 Å². The summed E-state index contributed by atoms with van der Waals surface area (Å²) in [5.74, 6) is -1.49. The van der Waals surface area contributed by atoms with E-state index in [1.807, 2.05) is 0 Å². The van der Waals surface area contributed by atoms with Crippen molar-refractivity contribution in [3.05, 3.63) is 40.4 Å². The maximum absolute atomic E-state index is 11.6. The number of aromatic nitrogens is 1. The Bertz CT molecular complexity index is 666. The predicted octanol–water partition coefficient (Wildman–Crippen LogP) is 2.68. The Morgan fingerprint density at radius 1 is 1.35 bits per heavy atom. The Morgan fingerprint density at radius 3 is 2.65 bits per heavy atom. The lowest BCUT2D eigenvalue weighted by atomic mass is 10.2. The van der Waals surface area contributed by atoms with E-state index in [1.165, 1.54) is 7.11 Å². The van der Waals surface area contributed by atoms with E-state index < -0.39 is 11.9 Å². The van der Waals surface area contributed by atoms with E-state index in [2.05, 4.69) is 10.3 Å². The van der Waals surface area contributed by atoms with Gasteiger partial charge in [0.15, 0.2) is 5.13 Å².